The van der Waals surface area contributed by atoms with Gasteiger partial charge in [0.2, 0.25) is 5.91 Å². The lowest BCUT2D eigenvalue weighted by atomic mass is 9.82. The van der Waals surface area contributed by atoms with Crippen LogP contribution >= 0.6 is 0 Å². The summed E-state index contributed by atoms with van der Waals surface area (Å²) in [6.45, 7) is 3.05. The van der Waals surface area contributed by atoms with E-state index >= 15 is 0 Å². The van der Waals surface area contributed by atoms with Gasteiger partial charge in [0.1, 0.15) is 5.54 Å². The van der Waals surface area contributed by atoms with Crippen molar-refractivity contribution in [2.24, 2.45) is 5.92 Å². The van der Waals surface area contributed by atoms with Crippen molar-refractivity contribution >= 4 is 11.8 Å². The number of carbonyl (C=O) groups is 2. The van der Waals surface area contributed by atoms with Gasteiger partial charge < -0.3 is 10.2 Å². The Morgan fingerprint density at radius 3 is 2.54 bits per heavy atom. The predicted molar refractivity (Wildman–Crippen MR) is 101 cm³/mol. The highest BCUT2D eigenvalue weighted by Crippen LogP contribution is 2.37. The van der Waals surface area contributed by atoms with Crippen molar-refractivity contribution in [2.75, 3.05) is 6.54 Å². The second-order valence-electron chi connectivity index (χ2n) is 7.64. The molecule has 1 heterocycles. The number of amides is 2. The molecular formula is C22H24N2O2. The number of benzene rings is 2. The summed E-state index contributed by atoms with van der Waals surface area (Å²) in [6, 6.07) is 17.5. The van der Waals surface area contributed by atoms with Crippen LogP contribution in [-0.2, 0) is 17.8 Å². The van der Waals surface area contributed by atoms with Crippen LogP contribution in [0, 0.1) is 5.92 Å². The molecule has 2 aromatic rings. The summed E-state index contributed by atoms with van der Waals surface area (Å²) < 4.78 is 0. The molecule has 2 aromatic carbocycles. The summed E-state index contributed by atoms with van der Waals surface area (Å²) in [4.78, 5) is 28.1. The van der Waals surface area contributed by atoms with E-state index in [4.69, 9.17) is 0 Å². The molecule has 0 spiro atoms. The van der Waals surface area contributed by atoms with Crippen LogP contribution in [0.5, 0.6) is 0 Å². The maximum Gasteiger partial charge on any atom is 0.255 e. The molecule has 1 atom stereocenters. The Balaban J connectivity index is 1.60. The molecule has 0 saturated heterocycles. The van der Waals surface area contributed by atoms with Gasteiger partial charge in [0.25, 0.3) is 5.91 Å². The fourth-order valence-corrected chi connectivity index (χ4v) is 3.73. The van der Waals surface area contributed by atoms with Gasteiger partial charge in [0.15, 0.2) is 0 Å². The van der Waals surface area contributed by atoms with E-state index in [0.717, 1.165) is 29.5 Å². The van der Waals surface area contributed by atoms with Gasteiger partial charge in [-0.2, -0.15) is 0 Å². The van der Waals surface area contributed by atoms with Gasteiger partial charge in [-0.15, -0.1) is 0 Å². The zero-order valence-corrected chi connectivity index (χ0v) is 15.1. The molecule has 134 valence electrons. The Hall–Kier alpha value is -2.62. The molecule has 1 aliphatic heterocycles. The second-order valence-corrected chi connectivity index (χ2v) is 7.64. The van der Waals surface area contributed by atoms with Gasteiger partial charge in [0.05, 0.1) is 0 Å². The number of nitrogens with zero attached hydrogens (tertiary/aromatic N) is 1. The third-order valence-corrected chi connectivity index (χ3v) is 5.55. The zero-order valence-electron chi connectivity index (χ0n) is 15.1. The van der Waals surface area contributed by atoms with Crippen molar-refractivity contribution in [3.8, 4) is 0 Å². The number of carbonyl (C=O) groups excluding carboxylic acids is 2. The lowest BCUT2D eigenvalue weighted by molar-refractivity contribution is -0.132. The predicted octanol–water partition coefficient (Wildman–Crippen LogP) is 3.17. The van der Waals surface area contributed by atoms with E-state index in [-0.39, 0.29) is 11.8 Å². The molecule has 4 rings (SSSR count). The first-order valence-electron chi connectivity index (χ1n) is 9.30. The average molecular weight is 348 g/mol. The molecule has 0 bridgehead atoms. The third kappa shape index (κ3) is 3.12. The van der Waals surface area contributed by atoms with E-state index < -0.39 is 5.54 Å². The molecule has 1 aliphatic carbocycles. The lowest BCUT2D eigenvalue weighted by Gasteiger charge is -2.44. The molecule has 4 heteroatoms. The van der Waals surface area contributed by atoms with E-state index in [9.17, 15) is 9.59 Å². The maximum atomic E-state index is 13.2. The smallest absolute Gasteiger partial charge is 0.255 e. The normalized spacial score (nSPS) is 22.0. The van der Waals surface area contributed by atoms with Gasteiger partial charge >= 0.3 is 0 Å². The summed E-state index contributed by atoms with van der Waals surface area (Å²) in [5.41, 5.74) is 1.91. The number of fused-ring (bicyclic) bond motifs is 1. The third-order valence-electron chi connectivity index (χ3n) is 5.55. The Morgan fingerprint density at radius 2 is 1.81 bits per heavy atom. The number of nitrogens with one attached hydrogen (secondary N) is 1. The number of rotatable bonds is 5. The molecule has 2 amide bonds. The van der Waals surface area contributed by atoms with Crippen molar-refractivity contribution in [2.45, 2.75) is 38.3 Å². The fraction of sp³-hybridized carbons (Fsp3) is 0.364. The van der Waals surface area contributed by atoms with E-state index in [1.165, 1.54) is 0 Å². The Kier molecular flexibility index (Phi) is 4.27. The van der Waals surface area contributed by atoms with E-state index in [1.807, 2.05) is 66.4 Å². The highest BCUT2D eigenvalue weighted by atomic mass is 16.2. The Morgan fingerprint density at radius 1 is 1.12 bits per heavy atom. The van der Waals surface area contributed by atoms with E-state index in [0.29, 0.717) is 25.4 Å². The molecule has 0 radical (unpaired) electrons. The average Bonchev–Trinajstić information content (AvgIpc) is 3.48. The van der Waals surface area contributed by atoms with Gasteiger partial charge in [-0.05, 0) is 42.9 Å². The molecule has 1 fully saturated rings. The largest absolute Gasteiger partial charge is 0.350 e. The fourth-order valence-electron chi connectivity index (χ4n) is 3.73. The summed E-state index contributed by atoms with van der Waals surface area (Å²) >= 11 is 0. The topological polar surface area (TPSA) is 49.4 Å². The summed E-state index contributed by atoms with van der Waals surface area (Å²) in [7, 11) is 0. The Labute approximate surface area is 154 Å². The van der Waals surface area contributed by atoms with Crippen LogP contribution in [-0.4, -0.2) is 28.8 Å². The summed E-state index contributed by atoms with van der Waals surface area (Å²) in [5, 5.41) is 3.05. The van der Waals surface area contributed by atoms with Crippen LogP contribution in [0.1, 0.15) is 41.3 Å². The van der Waals surface area contributed by atoms with Gasteiger partial charge in [-0.3, -0.25) is 9.59 Å². The number of hydrogen-bond acceptors (Lipinski definition) is 2. The zero-order chi connectivity index (χ0) is 18.1. The minimum absolute atomic E-state index is 0.0175. The minimum atomic E-state index is -0.844. The van der Waals surface area contributed by atoms with Crippen molar-refractivity contribution in [1.82, 2.24) is 10.2 Å². The molecule has 1 N–H and O–H groups in total. The Bertz CT molecular complexity index is 829. The standard InChI is InChI=1S/C22H24N2O2/c1-22(21(26)23-14-16-7-3-2-4-8-16)13-18-9-5-6-10-19(18)20(25)24(22)15-17-11-12-17/h2-10,17H,11-15H2,1H3,(H,23,26). The van der Waals surface area contributed by atoms with Gasteiger partial charge in [0, 0.05) is 25.1 Å². The lowest BCUT2D eigenvalue weighted by Crippen LogP contribution is -2.62. The SMILES string of the molecule is CC1(C(=O)NCc2ccccc2)Cc2ccccc2C(=O)N1CC1CC1. The van der Waals surface area contributed by atoms with Crippen LogP contribution in [0.4, 0.5) is 0 Å². The minimum Gasteiger partial charge on any atom is -0.350 e. The first-order chi connectivity index (χ1) is 12.6. The van der Waals surface area contributed by atoms with Crippen LogP contribution in [0.3, 0.4) is 0 Å². The van der Waals surface area contributed by atoms with Gasteiger partial charge in [-0.25, -0.2) is 0 Å². The highest BCUT2D eigenvalue weighted by Gasteiger charge is 2.48. The summed E-state index contributed by atoms with van der Waals surface area (Å²) in [5.74, 6) is 0.437. The molecular weight excluding hydrogens is 324 g/mol. The van der Waals surface area contributed by atoms with Crippen LogP contribution < -0.4 is 5.32 Å². The number of hydrogen-bond donors (Lipinski definition) is 1. The monoisotopic (exact) mass is 348 g/mol. The van der Waals surface area contributed by atoms with Crippen LogP contribution in [0.25, 0.3) is 0 Å². The molecule has 0 aromatic heterocycles. The van der Waals surface area contributed by atoms with Crippen molar-refractivity contribution in [3.63, 3.8) is 0 Å². The summed E-state index contributed by atoms with van der Waals surface area (Å²) in [6.07, 6.45) is 2.85. The van der Waals surface area contributed by atoms with Crippen molar-refractivity contribution in [1.29, 1.82) is 0 Å². The quantitative estimate of drug-likeness (QED) is 0.902. The molecule has 4 nitrogen and oxygen atoms in total. The maximum absolute atomic E-state index is 13.2. The van der Waals surface area contributed by atoms with E-state index in [1.54, 1.807) is 0 Å². The molecule has 1 saturated carbocycles. The first kappa shape index (κ1) is 16.8. The molecule has 1 unspecified atom stereocenters. The first-order valence-corrected chi connectivity index (χ1v) is 9.30. The van der Waals surface area contributed by atoms with Crippen molar-refractivity contribution < 1.29 is 9.59 Å². The van der Waals surface area contributed by atoms with Crippen LogP contribution in [0.2, 0.25) is 0 Å². The van der Waals surface area contributed by atoms with E-state index in [2.05, 4.69) is 5.32 Å². The highest BCUT2D eigenvalue weighted by molar-refractivity contribution is 6.02. The molecule has 26 heavy (non-hydrogen) atoms. The van der Waals surface area contributed by atoms with Gasteiger partial charge in [-0.1, -0.05) is 48.5 Å². The molecule has 2 aliphatic rings. The van der Waals surface area contributed by atoms with Crippen molar-refractivity contribution in [3.05, 3.63) is 71.3 Å². The van der Waals surface area contributed by atoms with Crippen LogP contribution in [0.15, 0.2) is 54.6 Å². The second kappa shape index (κ2) is 6.60.